The predicted octanol–water partition coefficient (Wildman–Crippen LogP) is 3.26. The second-order valence-corrected chi connectivity index (χ2v) is 5.19. The maximum absolute atomic E-state index is 6.28. The van der Waals surface area contributed by atoms with Gasteiger partial charge in [0.2, 0.25) is 0 Å². The van der Waals surface area contributed by atoms with Crippen LogP contribution in [0.1, 0.15) is 25.8 Å². The molecule has 0 spiro atoms. The van der Waals surface area contributed by atoms with Crippen LogP contribution in [0.25, 0.3) is 0 Å². The summed E-state index contributed by atoms with van der Waals surface area (Å²) in [5, 5.41) is 4.01. The summed E-state index contributed by atoms with van der Waals surface area (Å²) in [7, 11) is 3.33. The van der Waals surface area contributed by atoms with E-state index in [0.717, 1.165) is 25.1 Å². The molecule has 1 aromatic rings. The Morgan fingerprint density at radius 1 is 1.20 bits per heavy atom. The van der Waals surface area contributed by atoms with Crippen LogP contribution in [0.3, 0.4) is 0 Å². The molecular weight excluding hydrogens is 278 g/mol. The second-order valence-electron chi connectivity index (χ2n) is 4.78. The van der Waals surface area contributed by atoms with E-state index in [2.05, 4.69) is 5.32 Å². The highest BCUT2D eigenvalue weighted by atomic mass is 35.5. The Balaban J connectivity index is 2.67. The molecule has 0 atom stereocenters. The molecule has 0 aliphatic rings. The van der Waals surface area contributed by atoms with Crippen LogP contribution in [0.4, 0.5) is 0 Å². The van der Waals surface area contributed by atoms with E-state index < -0.39 is 0 Å². The molecule has 1 rings (SSSR count). The quantitative estimate of drug-likeness (QED) is 0.711. The van der Waals surface area contributed by atoms with E-state index in [1.807, 2.05) is 26.0 Å². The normalized spacial score (nSPS) is 10.9. The standard InChI is InChI=1S/C15H24ClNO3/c1-11(2)20-15-9-13(16)12(8-14(15)19-4)10-17-6-5-7-18-3/h8-9,11,17H,5-7,10H2,1-4H3. The van der Waals surface area contributed by atoms with Gasteiger partial charge >= 0.3 is 0 Å². The van der Waals surface area contributed by atoms with Crippen molar-refractivity contribution in [1.29, 1.82) is 0 Å². The molecule has 0 fully saturated rings. The van der Waals surface area contributed by atoms with Crippen LogP contribution in [0, 0.1) is 0 Å². The maximum Gasteiger partial charge on any atom is 0.163 e. The highest BCUT2D eigenvalue weighted by molar-refractivity contribution is 6.31. The number of rotatable bonds is 9. The molecule has 0 unspecified atom stereocenters. The van der Waals surface area contributed by atoms with Crippen LogP contribution in [-0.2, 0) is 11.3 Å². The zero-order valence-corrected chi connectivity index (χ0v) is 13.4. The van der Waals surface area contributed by atoms with E-state index >= 15 is 0 Å². The highest BCUT2D eigenvalue weighted by Crippen LogP contribution is 2.33. The number of ether oxygens (including phenoxy) is 3. The number of hydrogen-bond acceptors (Lipinski definition) is 4. The maximum atomic E-state index is 6.28. The third-order valence-electron chi connectivity index (χ3n) is 2.71. The summed E-state index contributed by atoms with van der Waals surface area (Å²) < 4.78 is 16.0. The summed E-state index contributed by atoms with van der Waals surface area (Å²) in [6, 6.07) is 3.73. The van der Waals surface area contributed by atoms with Crippen LogP contribution in [-0.4, -0.2) is 33.5 Å². The van der Waals surface area contributed by atoms with E-state index in [4.69, 9.17) is 25.8 Å². The minimum atomic E-state index is 0.0815. The fraction of sp³-hybridized carbons (Fsp3) is 0.600. The zero-order chi connectivity index (χ0) is 15.0. The second kappa shape index (κ2) is 9.06. The van der Waals surface area contributed by atoms with Crippen molar-refractivity contribution >= 4 is 11.6 Å². The Labute approximate surface area is 126 Å². The van der Waals surface area contributed by atoms with Crippen LogP contribution in [0.2, 0.25) is 5.02 Å². The SMILES string of the molecule is COCCCNCc1cc(OC)c(OC(C)C)cc1Cl. The highest BCUT2D eigenvalue weighted by Gasteiger charge is 2.11. The van der Waals surface area contributed by atoms with Gasteiger partial charge in [0.05, 0.1) is 13.2 Å². The number of nitrogens with one attached hydrogen (secondary N) is 1. The van der Waals surface area contributed by atoms with Crippen molar-refractivity contribution in [3.63, 3.8) is 0 Å². The largest absolute Gasteiger partial charge is 0.493 e. The topological polar surface area (TPSA) is 39.7 Å². The molecule has 0 radical (unpaired) electrons. The van der Waals surface area contributed by atoms with E-state index in [1.165, 1.54) is 0 Å². The average Bonchev–Trinajstić information content (AvgIpc) is 2.40. The summed E-state index contributed by atoms with van der Waals surface area (Å²) in [4.78, 5) is 0. The first-order valence-electron chi connectivity index (χ1n) is 6.81. The molecule has 114 valence electrons. The van der Waals surface area contributed by atoms with E-state index in [1.54, 1.807) is 14.2 Å². The van der Waals surface area contributed by atoms with Gasteiger partial charge in [-0.1, -0.05) is 11.6 Å². The molecule has 1 N–H and O–H groups in total. The summed E-state index contributed by atoms with van der Waals surface area (Å²) in [6.07, 6.45) is 1.05. The first-order chi connectivity index (χ1) is 9.58. The van der Waals surface area contributed by atoms with Crippen LogP contribution < -0.4 is 14.8 Å². The fourth-order valence-electron chi connectivity index (χ4n) is 1.78. The summed E-state index contributed by atoms with van der Waals surface area (Å²) in [5.74, 6) is 1.38. The van der Waals surface area contributed by atoms with Crippen molar-refractivity contribution < 1.29 is 14.2 Å². The molecule has 0 aliphatic carbocycles. The van der Waals surface area contributed by atoms with Crippen molar-refractivity contribution in [3.8, 4) is 11.5 Å². The Hall–Kier alpha value is -0.970. The monoisotopic (exact) mass is 301 g/mol. The van der Waals surface area contributed by atoms with E-state index in [0.29, 0.717) is 23.1 Å². The Morgan fingerprint density at radius 2 is 1.95 bits per heavy atom. The Bertz CT molecular complexity index is 410. The minimum absolute atomic E-state index is 0.0815. The van der Waals surface area contributed by atoms with Crippen LogP contribution in [0.15, 0.2) is 12.1 Å². The average molecular weight is 302 g/mol. The number of halogens is 1. The van der Waals surface area contributed by atoms with Crippen molar-refractivity contribution in [2.75, 3.05) is 27.4 Å². The van der Waals surface area contributed by atoms with Crippen LogP contribution >= 0.6 is 11.6 Å². The molecule has 0 saturated carbocycles. The van der Waals surface area contributed by atoms with Gasteiger partial charge in [-0.05, 0) is 38.4 Å². The van der Waals surface area contributed by atoms with Gasteiger partial charge in [-0.15, -0.1) is 0 Å². The lowest BCUT2D eigenvalue weighted by Crippen LogP contribution is -2.16. The molecule has 0 bridgehead atoms. The smallest absolute Gasteiger partial charge is 0.163 e. The van der Waals surface area contributed by atoms with Gasteiger partial charge in [-0.25, -0.2) is 0 Å². The third kappa shape index (κ3) is 5.57. The van der Waals surface area contributed by atoms with Gasteiger partial charge in [0.1, 0.15) is 0 Å². The first kappa shape index (κ1) is 17.1. The van der Waals surface area contributed by atoms with Crippen molar-refractivity contribution in [2.24, 2.45) is 0 Å². The van der Waals surface area contributed by atoms with Gasteiger partial charge in [0, 0.05) is 31.4 Å². The molecule has 0 aromatic heterocycles. The lowest BCUT2D eigenvalue weighted by molar-refractivity contribution is 0.194. The van der Waals surface area contributed by atoms with Crippen molar-refractivity contribution in [2.45, 2.75) is 32.9 Å². The van der Waals surface area contributed by atoms with Gasteiger partial charge in [0.15, 0.2) is 11.5 Å². The summed E-state index contributed by atoms with van der Waals surface area (Å²) >= 11 is 6.28. The molecule has 20 heavy (non-hydrogen) atoms. The molecule has 0 heterocycles. The summed E-state index contributed by atoms with van der Waals surface area (Å²) in [6.45, 7) is 6.28. The van der Waals surface area contributed by atoms with E-state index in [9.17, 15) is 0 Å². The number of methoxy groups -OCH3 is 2. The molecule has 0 amide bonds. The minimum Gasteiger partial charge on any atom is -0.493 e. The first-order valence-corrected chi connectivity index (χ1v) is 7.19. The predicted molar refractivity (Wildman–Crippen MR) is 82.0 cm³/mol. The molecule has 4 nitrogen and oxygen atoms in total. The van der Waals surface area contributed by atoms with E-state index in [-0.39, 0.29) is 6.10 Å². The van der Waals surface area contributed by atoms with Gasteiger partial charge < -0.3 is 19.5 Å². The Morgan fingerprint density at radius 3 is 2.55 bits per heavy atom. The van der Waals surface area contributed by atoms with Crippen molar-refractivity contribution in [3.05, 3.63) is 22.7 Å². The molecule has 0 saturated heterocycles. The van der Waals surface area contributed by atoms with Gasteiger partial charge in [0.25, 0.3) is 0 Å². The Kier molecular flexibility index (Phi) is 7.73. The number of hydrogen-bond donors (Lipinski definition) is 1. The van der Waals surface area contributed by atoms with Crippen molar-refractivity contribution in [1.82, 2.24) is 5.32 Å². The lowest BCUT2D eigenvalue weighted by atomic mass is 10.2. The van der Waals surface area contributed by atoms with Crippen LogP contribution in [0.5, 0.6) is 11.5 Å². The lowest BCUT2D eigenvalue weighted by Gasteiger charge is -2.16. The summed E-state index contributed by atoms with van der Waals surface area (Å²) in [5.41, 5.74) is 0.997. The number of benzene rings is 1. The third-order valence-corrected chi connectivity index (χ3v) is 3.06. The molecular formula is C15H24ClNO3. The molecule has 0 aliphatic heterocycles. The molecule has 5 heteroatoms. The van der Waals surface area contributed by atoms with Gasteiger partial charge in [-0.3, -0.25) is 0 Å². The molecule has 1 aromatic carbocycles. The zero-order valence-electron chi connectivity index (χ0n) is 12.7. The fourth-order valence-corrected chi connectivity index (χ4v) is 2.00. The van der Waals surface area contributed by atoms with Gasteiger partial charge in [-0.2, -0.15) is 0 Å².